The van der Waals surface area contributed by atoms with E-state index < -0.39 is 0 Å². The summed E-state index contributed by atoms with van der Waals surface area (Å²) < 4.78 is 5.56. The molecule has 0 atom stereocenters. The van der Waals surface area contributed by atoms with Crippen LogP contribution in [0.4, 0.5) is 0 Å². The summed E-state index contributed by atoms with van der Waals surface area (Å²) in [5, 5.41) is 0. The molecule has 0 aliphatic heterocycles. The van der Waals surface area contributed by atoms with E-state index in [-0.39, 0.29) is 17.5 Å². The lowest BCUT2D eigenvalue weighted by molar-refractivity contribution is -0.161. The second-order valence-corrected chi connectivity index (χ2v) is 7.97. The Morgan fingerprint density at radius 3 is 1.57 bits per heavy atom. The molecule has 0 radical (unpaired) electrons. The van der Waals surface area contributed by atoms with Gasteiger partial charge in [-0.3, -0.25) is 4.79 Å². The first-order chi connectivity index (χ1) is 10.9. The highest BCUT2D eigenvalue weighted by molar-refractivity contribution is 5.71. The van der Waals surface area contributed by atoms with E-state index in [2.05, 4.69) is 6.92 Å². The van der Waals surface area contributed by atoms with Gasteiger partial charge in [-0.25, -0.2) is 0 Å². The van der Waals surface area contributed by atoms with Crippen LogP contribution in [-0.4, -0.2) is 11.6 Å². The van der Waals surface area contributed by atoms with E-state index in [0.29, 0.717) is 0 Å². The highest BCUT2D eigenvalue weighted by atomic mass is 16.6. The Balaban J connectivity index is 3.40. The third-order valence-corrected chi connectivity index (χ3v) is 4.48. The fourth-order valence-electron chi connectivity index (χ4n) is 2.83. The Morgan fingerprint density at radius 2 is 1.17 bits per heavy atom. The maximum atomic E-state index is 11.7. The molecular weight excluding hydrogens is 284 g/mol. The van der Waals surface area contributed by atoms with Crippen molar-refractivity contribution in [2.45, 2.75) is 124 Å². The zero-order valence-electron chi connectivity index (χ0n) is 16.6. The van der Waals surface area contributed by atoms with Crippen LogP contribution in [0.3, 0.4) is 0 Å². The lowest BCUT2D eigenvalue weighted by atomic mass is 9.98. The van der Waals surface area contributed by atoms with Gasteiger partial charge in [0.15, 0.2) is 0 Å². The molecule has 2 nitrogen and oxygen atoms in total. The van der Waals surface area contributed by atoms with E-state index in [9.17, 15) is 4.79 Å². The van der Waals surface area contributed by atoms with Crippen LogP contribution in [0.15, 0.2) is 0 Å². The third-order valence-electron chi connectivity index (χ3n) is 4.48. The van der Waals surface area contributed by atoms with Crippen molar-refractivity contribution in [3.05, 3.63) is 0 Å². The highest BCUT2D eigenvalue weighted by Crippen LogP contribution is 2.21. The van der Waals surface area contributed by atoms with Crippen molar-refractivity contribution in [2.24, 2.45) is 5.92 Å². The highest BCUT2D eigenvalue weighted by Gasteiger charge is 2.23. The summed E-state index contributed by atoms with van der Waals surface area (Å²) in [5.74, 6) is -0.106. The molecule has 0 bridgehead atoms. The van der Waals surface area contributed by atoms with Gasteiger partial charge in [-0.05, 0) is 26.7 Å². The maximum Gasteiger partial charge on any atom is 0.308 e. The summed E-state index contributed by atoms with van der Waals surface area (Å²) >= 11 is 0. The summed E-state index contributed by atoms with van der Waals surface area (Å²) in [6, 6.07) is 0. The van der Waals surface area contributed by atoms with Crippen LogP contribution < -0.4 is 0 Å². The third kappa shape index (κ3) is 14.8. The number of unbranched alkanes of at least 4 members (excludes halogenated alkanes) is 11. The van der Waals surface area contributed by atoms with Gasteiger partial charge in [0, 0.05) is 0 Å². The summed E-state index contributed by atoms with van der Waals surface area (Å²) in [4.78, 5) is 11.7. The van der Waals surface area contributed by atoms with Crippen molar-refractivity contribution in [3.8, 4) is 0 Å². The Labute approximate surface area is 145 Å². The average Bonchev–Trinajstić information content (AvgIpc) is 2.47. The number of esters is 1. The van der Waals surface area contributed by atoms with Crippen LogP contribution in [-0.2, 0) is 9.53 Å². The molecule has 0 aromatic heterocycles. The summed E-state index contributed by atoms with van der Waals surface area (Å²) in [6.07, 6.45) is 17.3. The van der Waals surface area contributed by atoms with Gasteiger partial charge in [-0.1, -0.05) is 91.4 Å². The molecular formula is C21H42O2. The largest absolute Gasteiger partial charge is 0.459 e. The van der Waals surface area contributed by atoms with Gasteiger partial charge < -0.3 is 4.74 Å². The molecule has 0 rings (SSSR count). The van der Waals surface area contributed by atoms with Gasteiger partial charge in [0.2, 0.25) is 0 Å². The molecule has 0 heterocycles. The van der Waals surface area contributed by atoms with Crippen molar-refractivity contribution in [3.63, 3.8) is 0 Å². The minimum absolute atomic E-state index is 0.0313. The predicted octanol–water partition coefficient (Wildman–Crippen LogP) is 7.06. The molecule has 0 aromatic rings. The van der Waals surface area contributed by atoms with E-state index in [1.54, 1.807) is 0 Å². The first-order valence-corrected chi connectivity index (χ1v) is 10.1. The molecule has 0 spiro atoms. The minimum Gasteiger partial charge on any atom is -0.459 e. The monoisotopic (exact) mass is 326 g/mol. The molecule has 0 amide bonds. The minimum atomic E-state index is -0.306. The van der Waals surface area contributed by atoms with Crippen molar-refractivity contribution in [2.75, 3.05) is 0 Å². The Hall–Kier alpha value is -0.530. The van der Waals surface area contributed by atoms with Gasteiger partial charge >= 0.3 is 5.97 Å². The van der Waals surface area contributed by atoms with Gasteiger partial charge in [0.1, 0.15) is 5.60 Å². The Morgan fingerprint density at radius 1 is 0.783 bits per heavy atom. The van der Waals surface area contributed by atoms with E-state index in [1.165, 1.54) is 70.6 Å². The average molecular weight is 327 g/mol. The Bertz CT molecular complexity index is 282. The molecule has 2 heteroatoms. The molecule has 0 saturated heterocycles. The van der Waals surface area contributed by atoms with Crippen LogP contribution in [0.1, 0.15) is 118 Å². The van der Waals surface area contributed by atoms with Crippen LogP contribution in [0.5, 0.6) is 0 Å². The second kappa shape index (κ2) is 13.9. The number of carbonyl (C=O) groups excluding carboxylic acids is 1. The van der Waals surface area contributed by atoms with Gasteiger partial charge in [-0.15, -0.1) is 0 Å². The number of hydrogen-bond acceptors (Lipinski definition) is 2. The van der Waals surface area contributed by atoms with Crippen molar-refractivity contribution in [1.82, 2.24) is 0 Å². The zero-order chi connectivity index (χ0) is 17.6. The van der Waals surface area contributed by atoms with Crippen LogP contribution in [0, 0.1) is 5.92 Å². The van der Waals surface area contributed by atoms with E-state index in [0.717, 1.165) is 12.8 Å². The number of carbonyl (C=O) groups is 1. The summed E-state index contributed by atoms with van der Waals surface area (Å²) in [5.41, 5.74) is -0.306. The molecule has 0 fully saturated rings. The molecule has 0 aromatic carbocycles. The van der Waals surface area contributed by atoms with E-state index >= 15 is 0 Å². The first kappa shape index (κ1) is 22.5. The number of rotatable bonds is 15. The molecule has 0 aliphatic carbocycles. The van der Waals surface area contributed by atoms with E-state index in [4.69, 9.17) is 4.74 Å². The van der Waals surface area contributed by atoms with Gasteiger partial charge in [0.05, 0.1) is 5.92 Å². The smallest absolute Gasteiger partial charge is 0.308 e. The topological polar surface area (TPSA) is 26.3 Å². The molecule has 138 valence electrons. The first-order valence-electron chi connectivity index (χ1n) is 10.1. The lowest BCUT2D eigenvalue weighted by Gasteiger charge is -2.26. The van der Waals surface area contributed by atoms with Gasteiger partial charge in [-0.2, -0.15) is 0 Å². The van der Waals surface area contributed by atoms with Crippen molar-refractivity contribution in [1.29, 1.82) is 0 Å². The quantitative estimate of drug-likeness (QED) is 0.238. The molecule has 0 saturated carbocycles. The molecule has 0 unspecified atom stereocenters. The molecule has 0 N–H and O–H groups in total. The Kier molecular flexibility index (Phi) is 13.5. The molecule has 0 aliphatic rings. The zero-order valence-corrected chi connectivity index (χ0v) is 16.6. The summed E-state index contributed by atoms with van der Waals surface area (Å²) in [7, 11) is 0. The molecule has 23 heavy (non-hydrogen) atoms. The van der Waals surface area contributed by atoms with Crippen LogP contribution in [0.2, 0.25) is 0 Å². The predicted molar refractivity (Wildman–Crippen MR) is 101 cm³/mol. The summed E-state index contributed by atoms with van der Waals surface area (Å²) in [6.45, 7) is 10.1. The fraction of sp³-hybridized carbons (Fsp3) is 0.952. The van der Waals surface area contributed by atoms with Gasteiger partial charge in [0.25, 0.3) is 0 Å². The standard InChI is InChI=1S/C21H42O2/c1-6-7-8-9-10-11-12-13-14-15-16-17-18-21(4,5)23-20(22)19(2)3/h19H,6-18H2,1-5H3. The number of hydrogen-bond donors (Lipinski definition) is 0. The van der Waals surface area contributed by atoms with E-state index in [1.807, 2.05) is 27.7 Å². The normalized spacial score (nSPS) is 11.9. The fourth-order valence-corrected chi connectivity index (χ4v) is 2.83. The SMILES string of the molecule is CCCCCCCCCCCCCCC(C)(C)OC(=O)C(C)C. The van der Waals surface area contributed by atoms with Crippen LogP contribution >= 0.6 is 0 Å². The van der Waals surface area contributed by atoms with Crippen molar-refractivity contribution < 1.29 is 9.53 Å². The lowest BCUT2D eigenvalue weighted by Crippen LogP contribution is -2.30. The maximum absolute atomic E-state index is 11.7. The van der Waals surface area contributed by atoms with Crippen molar-refractivity contribution >= 4 is 5.97 Å². The van der Waals surface area contributed by atoms with Crippen LogP contribution in [0.25, 0.3) is 0 Å². The second-order valence-electron chi connectivity index (χ2n) is 7.97. The number of ether oxygens (including phenoxy) is 1.